The first kappa shape index (κ1) is 19.3. The molecule has 1 aliphatic rings. The van der Waals surface area contributed by atoms with E-state index in [1.165, 1.54) is 0 Å². The van der Waals surface area contributed by atoms with Crippen molar-refractivity contribution in [3.8, 4) is 0 Å². The van der Waals surface area contributed by atoms with E-state index < -0.39 is 0 Å². The molecule has 0 bridgehead atoms. The number of esters is 1. The van der Waals surface area contributed by atoms with E-state index in [0.717, 1.165) is 34.9 Å². The number of ether oxygens (including phenoxy) is 1. The summed E-state index contributed by atoms with van der Waals surface area (Å²) in [4.78, 5) is 36.6. The summed E-state index contributed by atoms with van der Waals surface area (Å²) in [5.74, 6) is -0.495. The third-order valence-corrected chi connectivity index (χ3v) is 5.92. The maximum Gasteiger partial charge on any atom is 0.338 e. The molecule has 3 aromatic rings. The predicted molar refractivity (Wildman–Crippen MR) is 113 cm³/mol. The number of hydrogen-bond acceptors (Lipinski definition) is 7. The van der Waals surface area contributed by atoms with Gasteiger partial charge in [0, 0.05) is 25.0 Å². The third-order valence-electron chi connectivity index (χ3n) is 4.88. The number of nitrogens with zero attached hydrogens (tertiary/aromatic N) is 3. The monoisotopic (exact) mass is 410 g/mol. The molecule has 29 heavy (non-hydrogen) atoms. The summed E-state index contributed by atoms with van der Waals surface area (Å²) < 4.78 is 4.98. The van der Waals surface area contributed by atoms with E-state index in [0.29, 0.717) is 24.4 Å². The van der Waals surface area contributed by atoms with Gasteiger partial charge in [-0.15, -0.1) is 0 Å². The molecule has 1 aromatic carbocycles. The summed E-state index contributed by atoms with van der Waals surface area (Å²) in [6, 6.07) is 10.6. The van der Waals surface area contributed by atoms with Crippen LogP contribution in [0.15, 0.2) is 42.6 Å². The number of amides is 1. The van der Waals surface area contributed by atoms with Gasteiger partial charge in [0.05, 0.1) is 18.1 Å². The van der Waals surface area contributed by atoms with Crippen LogP contribution in [-0.2, 0) is 9.53 Å². The average molecular weight is 410 g/mol. The minimum atomic E-state index is -0.362. The summed E-state index contributed by atoms with van der Waals surface area (Å²) in [6.07, 6.45) is 3.54. The fourth-order valence-electron chi connectivity index (χ4n) is 3.41. The first-order valence-corrected chi connectivity index (χ1v) is 10.5. The van der Waals surface area contributed by atoms with Crippen LogP contribution >= 0.6 is 11.3 Å². The van der Waals surface area contributed by atoms with Crippen molar-refractivity contribution in [1.29, 1.82) is 0 Å². The van der Waals surface area contributed by atoms with Gasteiger partial charge in [0.15, 0.2) is 5.13 Å². The lowest BCUT2D eigenvalue weighted by molar-refractivity contribution is -0.120. The normalized spacial score (nSPS) is 16.6. The molecule has 0 saturated carbocycles. The Labute approximate surface area is 172 Å². The van der Waals surface area contributed by atoms with Crippen LogP contribution < -0.4 is 10.2 Å². The van der Waals surface area contributed by atoms with E-state index in [4.69, 9.17) is 4.74 Å². The van der Waals surface area contributed by atoms with Crippen LogP contribution in [-0.4, -0.2) is 41.5 Å². The zero-order valence-electron chi connectivity index (χ0n) is 16.1. The summed E-state index contributed by atoms with van der Waals surface area (Å²) >= 11 is 1.56. The molecular formula is C21H22N4O3S. The van der Waals surface area contributed by atoms with Gasteiger partial charge < -0.3 is 15.0 Å². The first-order valence-electron chi connectivity index (χ1n) is 9.68. The quantitative estimate of drug-likeness (QED) is 0.646. The van der Waals surface area contributed by atoms with Gasteiger partial charge in [0.1, 0.15) is 10.3 Å². The number of thiazole rings is 1. The van der Waals surface area contributed by atoms with Crippen molar-refractivity contribution in [3.05, 3.63) is 48.2 Å². The van der Waals surface area contributed by atoms with E-state index >= 15 is 0 Å². The maximum absolute atomic E-state index is 12.8. The van der Waals surface area contributed by atoms with E-state index in [2.05, 4.69) is 20.2 Å². The molecule has 0 spiro atoms. The van der Waals surface area contributed by atoms with Gasteiger partial charge in [-0.05, 0) is 56.2 Å². The fourth-order valence-corrected chi connectivity index (χ4v) is 4.35. The van der Waals surface area contributed by atoms with Crippen molar-refractivity contribution in [2.75, 3.05) is 29.9 Å². The molecule has 3 heterocycles. The second kappa shape index (κ2) is 8.57. The van der Waals surface area contributed by atoms with Crippen molar-refractivity contribution in [3.63, 3.8) is 0 Å². The van der Waals surface area contributed by atoms with E-state index in [1.807, 2.05) is 12.1 Å². The first-order chi connectivity index (χ1) is 14.1. The highest BCUT2D eigenvalue weighted by molar-refractivity contribution is 7.21. The fraction of sp³-hybridized carbons (Fsp3) is 0.333. The molecule has 1 aliphatic heterocycles. The maximum atomic E-state index is 12.8. The molecule has 1 amide bonds. The molecule has 8 heteroatoms. The predicted octanol–water partition coefficient (Wildman–Crippen LogP) is 3.72. The number of hydrogen-bond donors (Lipinski definition) is 1. The Morgan fingerprint density at radius 3 is 2.86 bits per heavy atom. The van der Waals surface area contributed by atoms with Crippen LogP contribution in [0, 0.1) is 5.92 Å². The van der Waals surface area contributed by atoms with Crippen LogP contribution in [0.25, 0.3) is 10.3 Å². The van der Waals surface area contributed by atoms with Crippen molar-refractivity contribution in [2.45, 2.75) is 19.8 Å². The van der Waals surface area contributed by atoms with Crippen LogP contribution in [0.1, 0.15) is 30.1 Å². The topological polar surface area (TPSA) is 84.4 Å². The Balaban J connectivity index is 1.40. The Morgan fingerprint density at radius 1 is 1.28 bits per heavy atom. The standard InChI is InChI=1S/C21H22N4O3S/c1-2-28-20(27)14-7-9-16(10-8-14)23-18(26)15-5-4-12-25(13-15)21-24-17-6-3-11-22-19(17)29-21/h3,6-11,15H,2,4-5,12-13H2,1H3,(H,23,26)/t15-/m1/s1. The second-order valence-electron chi connectivity index (χ2n) is 6.90. The lowest BCUT2D eigenvalue weighted by atomic mass is 9.97. The number of carbonyl (C=O) groups excluding carboxylic acids is 2. The van der Waals surface area contributed by atoms with Crippen LogP contribution in [0.3, 0.4) is 0 Å². The highest BCUT2D eigenvalue weighted by atomic mass is 32.1. The molecule has 1 N–H and O–H groups in total. The molecular weight excluding hydrogens is 388 g/mol. The second-order valence-corrected chi connectivity index (χ2v) is 7.85. The van der Waals surface area contributed by atoms with Gasteiger partial charge in [-0.1, -0.05) is 11.3 Å². The molecule has 1 fully saturated rings. The third kappa shape index (κ3) is 4.37. The Kier molecular flexibility index (Phi) is 5.71. The molecule has 1 saturated heterocycles. The van der Waals surface area contributed by atoms with Crippen LogP contribution in [0.5, 0.6) is 0 Å². The number of benzene rings is 1. The molecule has 2 aromatic heterocycles. The Hall–Kier alpha value is -3.00. The number of fused-ring (bicyclic) bond motifs is 1. The zero-order chi connectivity index (χ0) is 20.2. The lowest BCUT2D eigenvalue weighted by Crippen LogP contribution is -2.40. The van der Waals surface area contributed by atoms with Gasteiger partial charge in [0.25, 0.3) is 0 Å². The number of piperidine rings is 1. The molecule has 1 atom stereocenters. The van der Waals surface area contributed by atoms with Crippen molar-refractivity contribution < 1.29 is 14.3 Å². The van der Waals surface area contributed by atoms with Crippen molar-refractivity contribution >= 4 is 44.4 Å². The van der Waals surface area contributed by atoms with E-state index in [-0.39, 0.29) is 17.8 Å². The van der Waals surface area contributed by atoms with Gasteiger partial charge >= 0.3 is 5.97 Å². The van der Waals surface area contributed by atoms with Crippen LogP contribution in [0.4, 0.5) is 10.8 Å². The Bertz CT molecular complexity index is 985. The van der Waals surface area contributed by atoms with Gasteiger partial charge in [-0.25, -0.2) is 14.8 Å². The Morgan fingerprint density at radius 2 is 2.10 bits per heavy atom. The highest BCUT2D eigenvalue weighted by Gasteiger charge is 2.27. The lowest BCUT2D eigenvalue weighted by Gasteiger charge is -2.31. The number of anilines is 2. The van der Waals surface area contributed by atoms with Gasteiger partial charge in [0.2, 0.25) is 5.91 Å². The van der Waals surface area contributed by atoms with Crippen molar-refractivity contribution in [1.82, 2.24) is 9.97 Å². The number of rotatable bonds is 5. The van der Waals surface area contributed by atoms with Gasteiger partial charge in [-0.2, -0.15) is 0 Å². The summed E-state index contributed by atoms with van der Waals surface area (Å²) in [5, 5.41) is 3.87. The average Bonchev–Trinajstić information content (AvgIpc) is 3.19. The zero-order valence-corrected chi connectivity index (χ0v) is 16.9. The van der Waals surface area contributed by atoms with E-state index in [9.17, 15) is 9.59 Å². The molecule has 4 rings (SSSR count). The number of nitrogens with one attached hydrogen (secondary N) is 1. The molecule has 150 valence electrons. The SMILES string of the molecule is CCOC(=O)c1ccc(NC(=O)[C@@H]2CCCN(c3nc4cccnc4s3)C2)cc1. The number of carbonyl (C=O) groups is 2. The van der Waals surface area contributed by atoms with E-state index in [1.54, 1.807) is 48.7 Å². The molecule has 0 aliphatic carbocycles. The van der Waals surface area contributed by atoms with Gasteiger partial charge in [-0.3, -0.25) is 4.79 Å². The smallest absolute Gasteiger partial charge is 0.338 e. The number of pyridine rings is 1. The largest absolute Gasteiger partial charge is 0.462 e. The number of aromatic nitrogens is 2. The summed E-state index contributed by atoms with van der Waals surface area (Å²) in [7, 11) is 0. The molecule has 0 unspecified atom stereocenters. The molecule has 7 nitrogen and oxygen atoms in total. The minimum Gasteiger partial charge on any atom is -0.462 e. The highest BCUT2D eigenvalue weighted by Crippen LogP contribution is 2.30. The van der Waals surface area contributed by atoms with Crippen molar-refractivity contribution in [2.24, 2.45) is 5.92 Å². The van der Waals surface area contributed by atoms with Crippen LogP contribution in [0.2, 0.25) is 0 Å². The molecule has 0 radical (unpaired) electrons. The summed E-state index contributed by atoms with van der Waals surface area (Å²) in [5.41, 5.74) is 2.03. The summed E-state index contributed by atoms with van der Waals surface area (Å²) in [6.45, 7) is 3.62. The minimum absolute atomic E-state index is 0.0159.